The number of amides is 1. The molecule has 2 aliphatic rings. The Hall–Kier alpha value is -2.06. The van der Waals surface area contributed by atoms with Crippen LogP contribution in [0.5, 0.6) is 0 Å². The van der Waals surface area contributed by atoms with Crippen LogP contribution in [0.15, 0.2) is 18.2 Å². The summed E-state index contributed by atoms with van der Waals surface area (Å²) in [4.78, 5) is 16.7. The minimum Gasteiger partial charge on any atom is -0.369 e. The number of aryl methyl sites for hydroxylation is 2. The third-order valence-electron chi connectivity index (χ3n) is 6.25. The molecule has 1 saturated carbocycles. The molecule has 3 rings (SSSR count). The number of hydrogen-bond acceptors (Lipinski definition) is 4. The average Bonchev–Trinajstić information content (AvgIpc) is 2.67. The van der Waals surface area contributed by atoms with Crippen molar-refractivity contribution in [1.29, 1.82) is 5.26 Å². The lowest BCUT2D eigenvalue weighted by Gasteiger charge is -2.37. The summed E-state index contributed by atoms with van der Waals surface area (Å²) in [5.74, 6) is 0.661. The molecular formula is C23H34N4O. The molecule has 1 aromatic carbocycles. The molecule has 1 heterocycles. The predicted octanol–water partition coefficient (Wildman–Crippen LogP) is 3.40. The maximum Gasteiger partial charge on any atom is 0.234 e. The van der Waals surface area contributed by atoms with Gasteiger partial charge in [0, 0.05) is 37.9 Å². The van der Waals surface area contributed by atoms with Gasteiger partial charge in [-0.05, 0) is 81.7 Å². The van der Waals surface area contributed by atoms with Crippen molar-refractivity contribution < 1.29 is 4.79 Å². The average molecular weight is 383 g/mol. The van der Waals surface area contributed by atoms with Gasteiger partial charge in [-0.25, -0.2) is 0 Å². The van der Waals surface area contributed by atoms with Crippen molar-refractivity contribution in [3.8, 4) is 6.07 Å². The van der Waals surface area contributed by atoms with Gasteiger partial charge in [-0.15, -0.1) is 0 Å². The highest BCUT2D eigenvalue weighted by Crippen LogP contribution is 2.27. The summed E-state index contributed by atoms with van der Waals surface area (Å²) in [6, 6.07) is 9.04. The predicted molar refractivity (Wildman–Crippen MR) is 113 cm³/mol. The number of carbonyl (C=O) groups is 1. The van der Waals surface area contributed by atoms with E-state index in [-0.39, 0.29) is 18.4 Å². The Kier molecular flexibility index (Phi) is 7.33. The van der Waals surface area contributed by atoms with Crippen LogP contribution in [0.3, 0.4) is 0 Å². The first-order chi connectivity index (χ1) is 13.5. The zero-order valence-electron chi connectivity index (χ0n) is 17.4. The summed E-state index contributed by atoms with van der Waals surface area (Å²) in [6.45, 7) is 10.1. The van der Waals surface area contributed by atoms with Crippen LogP contribution in [0.2, 0.25) is 0 Å². The van der Waals surface area contributed by atoms with Gasteiger partial charge in [0.1, 0.15) is 6.42 Å². The summed E-state index contributed by atoms with van der Waals surface area (Å²) >= 11 is 0. The number of hydrogen-bond donors (Lipinski definition) is 1. The molecule has 1 aromatic rings. The SMILES string of the molecule is Cc1cc(C)cc(N2CCN(CC[C@H]3CC[C@@H](NC(=O)CC#N)CC3)CC2)c1. The Labute approximate surface area is 169 Å². The fraction of sp³-hybridized carbons (Fsp3) is 0.652. The molecule has 0 radical (unpaired) electrons. The molecule has 0 bridgehead atoms. The second kappa shape index (κ2) is 9.93. The van der Waals surface area contributed by atoms with Crippen LogP contribution >= 0.6 is 0 Å². The Morgan fingerprint density at radius 2 is 1.71 bits per heavy atom. The normalized spacial score (nSPS) is 23.2. The first kappa shape index (κ1) is 20.7. The Morgan fingerprint density at radius 1 is 1.07 bits per heavy atom. The number of carbonyl (C=O) groups excluding carboxylic acids is 1. The van der Waals surface area contributed by atoms with Gasteiger partial charge in [0.25, 0.3) is 0 Å². The highest BCUT2D eigenvalue weighted by molar-refractivity contribution is 5.78. The van der Waals surface area contributed by atoms with Crippen LogP contribution < -0.4 is 10.2 Å². The Bertz CT molecular complexity index is 675. The van der Waals surface area contributed by atoms with E-state index in [9.17, 15) is 4.79 Å². The first-order valence-corrected chi connectivity index (χ1v) is 10.8. The molecule has 0 aromatic heterocycles. The van der Waals surface area contributed by atoms with Crippen LogP contribution in [0.4, 0.5) is 5.69 Å². The van der Waals surface area contributed by atoms with Crippen LogP contribution in [0.1, 0.15) is 49.7 Å². The summed E-state index contributed by atoms with van der Waals surface area (Å²) in [7, 11) is 0. The van der Waals surface area contributed by atoms with Crippen molar-refractivity contribution in [2.24, 2.45) is 5.92 Å². The maximum absolute atomic E-state index is 11.5. The smallest absolute Gasteiger partial charge is 0.234 e. The van der Waals surface area contributed by atoms with E-state index in [2.05, 4.69) is 47.2 Å². The minimum absolute atomic E-state index is 0.0198. The molecule has 1 saturated heterocycles. The molecule has 0 atom stereocenters. The zero-order chi connectivity index (χ0) is 19.9. The first-order valence-electron chi connectivity index (χ1n) is 10.8. The lowest BCUT2D eigenvalue weighted by Crippen LogP contribution is -2.47. The van der Waals surface area contributed by atoms with E-state index in [0.29, 0.717) is 0 Å². The number of nitriles is 1. The van der Waals surface area contributed by atoms with E-state index in [4.69, 9.17) is 5.26 Å². The van der Waals surface area contributed by atoms with Crippen molar-refractivity contribution in [2.75, 3.05) is 37.6 Å². The monoisotopic (exact) mass is 382 g/mol. The Balaban J connectivity index is 1.35. The van der Waals surface area contributed by atoms with Crippen molar-refractivity contribution in [2.45, 2.75) is 58.4 Å². The van der Waals surface area contributed by atoms with Gasteiger partial charge in [0.2, 0.25) is 5.91 Å². The topological polar surface area (TPSA) is 59.4 Å². The van der Waals surface area contributed by atoms with E-state index in [1.807, 2.05) is 6.07 Å². The molecular weight excluding hydrogens is 348 g/mol. The van der Waals surface area contributed by atoms with Gasteiger partial charge in [-0.3, -0.25) is 9.69 Å². The number of rotatable bonds is 6. The lowest BCUT2D eigenvalue weighted by molar-refractivity contribution is -0.121. The van der Waals surface area contributed by atoms with E-state index in [1.54, 1.807) is 0 Å². The van der Waals surface area contributed by atoms with Crippen molar-refractivity contribution in [3.05, 3.63) is 29.3 Å². The number of nitrogens with zero attached hydrogens (tertiary/aromatic N) is 3. The summed E-state index contributed by atoms with van der Waals surface area (Å²) < 4.78 is 0. The van der Waals surface area contributed by atoms with E-state index in [0.717, 1.165) is 44.9 Å². The highest BCUT2D eigenvalue weighted by atomic mass is 16.1. The molecule has 0 spiro atoms. The molecule has 152 valence electrons. The largest absolute Gasteiger partial charge is 0.369 e. The fourth-order valence-electron chi connectivity index (χ4n) is 4.67. The van der Waals surface area contributed by atoms with Crippen LogP contribution in [-0.2, 0) is 4.79 Å². The highest BCUT2D eigenvalue weighted by Gasteiger charge is 2.24. The van der Waals surface area contributed by atoms with Crippen molar-refractivity contribution >= 4 is 11.6 Å². The third kappa shape index (κ3) is 5.97. The number of benzene rings is 1. The van der Waals surface area contributed by atoms with E-state index >= 15 is 0 Å². The number of piperazine rings is 1. The number of nitrogens with one attached hydrogen (secondary N) is 1. The zero-order valence-corrected chi connectivity index (χ0v) is 17.4. The van der Waals surface area contributed by atoms with Crippen molar-refractivity contribution in [3.63, 3.8) is 0 Å². The summed E-state index contributed by atoms with van der Waals surface area (Å²) in [6.07, 6.45) is 5.75. The Morgan fingerprint density at radius 3 is 2.32 bits per heavy atom. The van der Waals surface area contributed by atoms with Crippen LogP contribution in [-0.4, -0.2) is 49.6 Å². The minimum atomic E-state index is -0.118. The van der Waals surface area contributed by atoms with E-state index in [1.165, 1.54) is 42.6 Å². The molecule has 1 aliphatic carbocycles. The van der Waals surface area contributed by atoms with Gasteiger partial charge in [0.05, 0.1) is 6.07 Å². The summed E-state index contributed by atoms with van der Waals surface area (Å²) in [5, 5.41) is 11.6. The second-order valence-corrected chi connectivity index (χ2v) is 8.58. The molecule has 1 aliphatic heterocycles. The molecule has 5 heteroatoms. The van der Waals surface area contributed by atoms with E-state index < -0.39 is 0 Å². The quantitative estimate of drug-likeness (QED) is 0.819. The van der Waals surface area contributed by atoms with Gasteiger partial charge >= 0.3 is 0 Å². The van der Waals surface area contributed by atoms with Gasteiger partial charge < -0.3 is 10.2 Å². The molecule has 2 fully saturated rings. The third-order valence-corrected chi connectivity index (χ3v) is 6.25. The molecule has 28 heavy (non-hydrogen) atoms. The van der Waals surface area contributed by atoms with Gasteiger partial charge in [-0.2, -0.15) is 5.26 Å². The molecule has 5 nitrogen and oxygen atoms in total. The molecule has 0 unspecified atom stereocenters. The summed E-state index contributed by atoms with van der Waals surface area (Å²) in [5.41, 5.74) is 4.06. The molecule has 1 N–H and O–H groups in total. The van der Waals surface area contributed by atoms with Crippen LogP contribution in [0, 0.1) is 31.1 Å². The van der Waals surface area contributed by atoms with Crippen LogP contribution in [0.25, 0.3) is 0 Å². The molecule has 1 amide bonds. The fourth-order valence-corrected chi connectivity index (χ4v) is 4.67. The van der Waals surface area contributed by atoms with Gasteiger partial charge in [0.15, 0.2) is 0 Å². The van der Waals surface area contributed by atoms with Gasteiger partial charge in [-0.1, -0.05) is 6.07 Å². The second-order valence-electron chi connectivity index (χ2n) is 8.58. The number of anilines is 1. The maximum atomic E-state index is 11.5. The lowest BCUT2D eigenvalue weighted by atomic mass is 9.84. The van der Waals surface area contributed by atoms with Crippen molar-refractivity contribution in [1.82, 2.24) is 10.2 Å². The standard InChI is InChI=1S/C23H34N4O/c1-18-15-19(2)17-22(16-18)27-13-11-26(12-14-27)10-8-20-3-5-21(6-4-20)25-23(28)7-9-24/h15-17,20-21H,3-8,10-14H2,1-2H3,(H,25,28)/t20-,21+.